The number of methoxy groups -OCH3 is 2. The predicted octanol–water partition coefficient (Wildman–Crippen LogP) is 3.00. The van der Waals surface area contributed by atoms with E-state index in [1.54, 1.807) is 0 Å². The van der Waals surface area contributed by atoms with E-state index in [-0.39, 0.29) is 5.97 Å². The normalized spacial score (nSPS) is 11.2. The van der Waals surface area contributed by atoms with E-state index >= 15 is 0 Å². The topological polar surface area (TPSA) is 35.5 Å². The van der Waals surface area contributed by atoms with E-state index < -0.39 is 0 Å². The van der Waals surface area contributed by atoms with Gasteiger partial charge in [0.05, 0.1) is 26.1 Å². The SMILES string of the molecule is CO/C=C(/Cc1cc(Br)ccc1C)C(=O)OC. The molecule has 0 bridgehead atoms. The van der Waals surface area contributed by atoms with Gasteiger partial charge in [0.25, 0.3) is 0 Å². The molecule has 4 heteroatoms. The van der Waals surface area contributed by atoms with Gasteiger partial charge in [0.1, 0.15) is 0 Å². The van der Waals surface area contributed by atoms with E-state index in [9.17, 15) is 4.79 Å². The van der Waals surface area contributed by atoms with Crippen LogP contribution in [-0.2, 0) is 20.7 Å². The fraction of sp³-hybridized carbons (Fsp3) is 0.308. The molecule has 3 nitrogen and oxygen atoms in total. The van der Waals surface area contributed by atoms with Gasteiger partial charge < -0.3 is 9.47 Å². The van der Waals surface area contributed by atoms with Crippen molar-refractivity contribution in [3.8, 4) is 0 Å². The zero-order valence-corrected chi connectivity index (χ0v) is 11.7. The Morgan fingerprint density at radius 2 is 2.12 bits per heavy atom. The lowest BCUT2D eigenvalue weighted by Crippen LogP contribution is -2.08. The van der Waals surface area contributed by atoms with Crippen molar-refractivity contribution in [2.75, 3.05) is 14.2 Å². The van der Waals surface area contributed by atoms with Crippen molar-refractivity contribution in [1.82, 2.24) is 0 Å². The monoisotopic (exact) mass is 298 g/mol. The van der Waals surface area contributed by atoms with E-state index in [4.69, 9.17) is 9.47 Å². The Kier molecular flexibility index (Phi) is 5.22. The number of carbonyl (C=O) groups excluding carboxylic acids is 1. The van der Waals surface area contributed by atoms with E-state index in [0.29, 0.717) is 12.0 Å². The maximum atomic E-state index is 11.5. The molecule has 0 aliphatic rings. The third kappa shape index (κ3) is 3.89. The molecule has 0 unspecified atom stereocenters. The number of esters is 1. The maximum absolute atomic E-state index is 11.5. The number of hydrogen-bond donors (Lipinski definition) is 0. The Labute approximate surface area is 110 Å². The molecule has 1 aromatic rings. The fourth-order valence-electron chi connectivity index (χ4n) is 1.47. The molecule has 17 heavy (non-hydrogen) atoms. The molecule has 0 atom stereocenters. The highest BCUT2D eigenvalue weighted by atomic mass is 79.9. The summed E-state index contributed by atoms with van der Waals surface area (Å²) in [5.41, 5.74) is 2.68. The first-order chi connectivity index (χ1) is 8.08. The predicted molar refractivity (Wildman–Crippen MR) is 69.7 cm³/mol. The van der Waals surface area contributed by atoms with Crippen LogP contribution in [0.1, 0.15) is 11.1 Å². The molecule has 0 N–H and O–H groups in total. The number of rotatable bonds is 4. The lowest BCUT2D eigenvalue weighted by molar-refractivity contribution is -0.136. The molecule has 0 saturated carbocycles. The van der Waals surface area contributed by atoms with Crippen molar-refractivity contribution < 1.29 is 14.3 Å². The van der Waals surface area contributed by atoms with Crippen LogP contribution >= 0.6 is 15.9 Å². The highest BCUT2D eigenvalue weighted by molar-refractivity contribution is 9.10. The van der Waals surface area contributed by atoms with Gasteiger partial charge >= 0.3 is 5.97 Å². The van der Waals surface area contributed by atoms with Gasteiger partial charge in [0.15, 0.2) is 0 Å². The molecule has 0 heterocycles. The average molecular weight is 299 g/mol. The standard InChI is InChI=1S/C13H15BrO3/c1-9-4-5-12(14)7-10(9)6-11(8-16-2)13(15)17-3/h4-5,7-8H,6H2,1-3H3/b11-8-. The Bertz CT molecular complexity index is 438. The summed E-state index contributed by atoms with van der Waals surface area (Å²) in [5.74, 6) is -0.369. The number of carbonyl (C=O) groups is 1. The van der Waals surface area contributed by atoms with Gasteiger partial charge in [-0.3, -0.25) is 0 Å². The summed E-state index contributed by atoms with van der Waals surface area (Å²) in [6.07, 6.45) is 1.91. The Hall–Kier alpha value is -1.29. The molecule has 1 aromatic carbocycles. The van der Waals surface area contributed by atoms with Crippen LogP contribution in [0.2, 0.25) is 0 Å². The zero-order valence-electron chi connectivity index (χ0n) is 10.1. The van der Waals surface area contributed by atoms with Crippen LogP contribution in [0.5, 0.6) is 0 Å². The van der Waals surface area contributed by atoms with Crippen LogP contribution in [0.4, 0.5) is 0 Å². The smallest absolute Gasteiger partial charge is 0.337 e. The molecule has 92 valence electrons. The summed E-state index contributed by atoms with van der Waals surface area (Å²) < 4.78 is 10.6. The van der Waals surface area contributed by atoms with Crippen molar-refractivity contribution in [3.05, 3.63) is 45.6 Å². The van der Waals surface area contributed by atoms with Gasteiger partial charge in [0, 0.05) is 10.9 Å². The number of ether oxygens (including phenoxy) is 2. The second-order valence-corrected chi connectivity index (χ2v) is 4.53. The first kappa shape index (κ1) is 13.8. The molecule has 0 aromatic heterocycles. The van der Waals surface area contributed by atoms with Gasteiger partial charge in [-0.15, -0.1) is 0 Å². The van der Waals surface area contributed by atoms with Crippen LogP contribution in [0.15, 0.2) is 34.5 Å². The molecule has 1 rings (SSSR count). The van der Waals surface area contributed by atoms with Gasteiger partial charge in [-0.1, -0.05) is 22.0 Å². The molecule has 0 amide bonds. The summed E-state index contributed by atoms with van der Waals surface area (Å²) in [6.45, 7) is 2.00. The van der Waals surface area contributed by atoms with E-state index in [1.165, 1.54) is 20.5 Å². The van der Waals surface area contributed by atoms with Gasteiger partial charge in [-0.25, -0.2) is 4.79 Å². The number of benzene rings is 1. The molecule has 0 fully saturated rings. The minimum absolute atomic E-state index is 0.369. The maximum Gasteiger partial charge on any atom is 0.337 e. The summed E-state index contributed by atoms with van der Waals surface area (Å²) in [7, 11) is 2.87. The largest absolute Gasteiger partial charge is 0.504 e. The highest BCUT2D eigenvalue weighted by Crippen LogP contribution is 2.19. The molecule has 0 spiro atoms. The molecule has 0 saturated heterocycles. The average Bonchev–Trinajstić information content (AvgIpc) is 2.32. The minimum atomic E-state index is -0.369. The molecular formula is C13H15BrO3. The van der Waals surface area contributed by atoms with Crippen molar-refractivity contribution in [1.29, 1.82) is 0 Å². The summed E-state index contributed by atoms with van der Waals surface area (Å²) in [6, 6.07) is 5.96. The lowest BCUT2D eigenvalue weighted by Gasteiger charge is -2.08. The van der Waals surface area contributed by atoms with Gasteiger partial charge in [-0.05, 0) is 30.2 Å². The van der Waals surface area contributed by atoms with E-state index in [2.05, 4.69) is 15.9 Å². The highest BCUT2D eigenvalue weighted by Gasteiger charge is 2.12. The Balaban J connectivity index is 2.97. The van der Waals surface area contributed by atoms with Crippen LogP contribution < -0.4 is 0 Å². The first-order valence-corrected chi connectivity index (χ1v) is 5.93. The van der Waals surface area contributed by atoms with Crippen LogP contribution in [0, 0.1) is 6.92 Å². The third-order valence-electron chi connectivity index (χ3n) is 2.40. The second-order valence-electron chi connectivity index (χ2n) is 3.62. The lowest BCUT2D eigenvalue weighted by atomic mass is 10.0. The third-order valence-corrected chi connectivity index (χ3v) is 2.89. The van der Waals surface area contributed by atoms with Gasteiger partial charge in [-0.2, -0.15) is 0 Å². The Morgan fingerprint density at radius 1 is 1.41 bits per heavy atom. The summed E-state index contributed by atoms with van der Waals surface area (Å²) >= 11 is 3.41. The molecular weight excluding hydrogens is 284 g/mol. The number of halogens is 1. The molecule has 0 aliphatic carbocycles. The van der Waals surface area contributed by atoms with E-state index in [0.717, 1.165) is 15.6 Å². The minimum Gasteiger partial charge on any atom is -0.504 e. The van der Waals surface area contributed by atoms with Crippen LogP contribution in [0.25, 0.3) is 0 Å². The van der Waals surface area contributed by atoms with Crippen LogP contribution in [-0.4, -0.2) is 20.2 Å². The summed E-state index contributed by atoms with van der Waals surface area (Å²) in [5, 5.41) is 0. The van der Waals surface area contributed by atoms with Crippen LogP contribution in [0.3, 0.4) is 0 Å². The number of hydrogen-bond acceptors (Lipinski definition) is 3. The number of aryl methyl sites for hydroxylation is 1. The first-order valence-electron chi connectivity index (χ1n) is 5.13. The fourth-order valence-corrected chi connectivity index (χ4v) is 1.88. The van der Waals surface area contributed by atoms with Crippen molar-refractivity contribution in [2.45, 2.75) is 13.3 Å². The van der Waals surface area contributed by atoms with E-state index in [1.807, 2.05) is 25.1 Å². The molecule has 0 radical (unpaired) electrons. The van der Waals surface area contributed by atoms with Crippen molar-refractivity contribution >= 4 is 21.9 Å². The van der Waals surface area contributed by atoms with Gasteiger partial charge in [0.2, 0.25) is 0 Å². The van der Waals surface area contributed by atoms with Crippen molar-refractivity contribution in [3.63, 3.8) is 0 Å². The second kappa shape index (κ2) is 6.45. The zero-order chi connectivity index (χ0) is 12.8. The Morgan fingerprint density at radius 3 is 2.71 bits per heavy atom. The van der Waals surface area contributed by atoms with Crippen molar-refractivity contribution in [2.24, 2.45) is 0 Å². The quantitative estimate of drug-likeness (QED) is 0.487. The summed E-state index contributed by atoms with van der Waals surface area (Å²) in [4.78, 5) is 11.5. The molecule has 0 aliphatic heterocycles.